The van der Waals surface area contributed by atoms with Gasteiger partial charge in [-0.25, -0.2) is 0 Å². The van der Waals surface area contributed by atoms with Crippen molar-refractivity contribution in [2.45, 2.75) is 39.3 Å². The van der Waals surface area contributed by atoms with Crippen LogP contribution in [0.1, 0.15) is 33.7 Å². The van der Waals surface area contributed by atoms with E-state index >= 15 is 0 Å². The Balaban J connectivity index is 1.42. The molecule has 0 spiro atoms. The second-order valence-corrected chi connectivity index (χ2v) is 8.88. The molecule has 8 heteroatoms. The van der Waals surface area contributed by atoms with Gasteiger partial charge in [0, 0.05) is 42.9 Å². The van der Waals surface area contributed by atoms with Crippen LogP contribution in [0.3, 0.4) is 0 Å². The minimum atomic E-state index is 0.180. The number of thiophene rings is 1. The highest BCUT2D eigenvalue weighted by atomic mass is 32.1. The number of hydrogen-bond acceptors (Lipinski definition) is 5. The van der Waals surface area contributed by atoms with Gasteiger partial charge in [-0.05, 0) is 55.2 Å². The van der Waals surface area contributed by atoms with Gasteiger partial charge in [0.15, 0.2) is 17.5 Å². The molecule has 2 aromatic rings. The molecule has 3 rings (SSSR count). The Morgan fingerprint density at radius 3 is 2.55 bits per heavy atom. The maximum atomic E-state index is 12.7. The summed E-state index contributed by atoms with van der Waals surface area (Å²) in [7, 11) is 5.03. The molecule has 0 fully saturated rings. The number of rotatable bonds is 8. The van der Waals surface area contributed by atoms with E-state index < -0.39 is 0 Å². The molecule has 0 saturated carbocycles. The van der Waals surface area contributed by atoms with E-state index in [-0.39, 0.29) is 5.91 Å². The summed E-state index contributed by atoms with van der Waals surface area (Å²) in [6, 6.07) is 8.26. The Morgan fingerprint density at radius 1 is 1.16 bits per heavy atom. The zero-order chi connectivity index (χ0) is 22.2. The summed E-state index contributed by atoms with van der Waals surface area (Å²) in [6.07, 6.45) is 2.10. The largest absolute Gasteiger partial charge is 0.493 e. The Labute approximate surface area is 188 Å². The maximum Gasteiger partial charge on any atom is 0.222 e. The van der Waals surface area contributed by atoms with Gasteiger partial charge in [-0.3, -0.25) is 9.79 Å². The van der Waals surface area contributed by atoms with Crippen molar-refractivity contribution in [3.63, 3.8) is 0 Å². The summed E-state index contributed by atoms with van der Waals surface area (Å²) < 4.78 is 10.8. The number of nitrogens with one attached hydrogen (secondary N) is 2. The van der Waals surface area contributed by atoms with Crippen LogP contribution in [-0.2, 0) is 24.3 Å². The molecule has 0 unspecified atom stereocenters. The molecule has 1 aromatic heterocycles. The molecule has 0 atom stereocenters. The van der Waals surface area contributed by atoms with E-state index in [0.717, 1.165) is 43.2 Å². The smallest absolute Gasteiger partial charge is 0.222 e. The van der Waals surface area contributed by atoms with Crippen molar-refractivity contribution in [1.29, 1.82) is 0 Å². The number of carbonyl (C=O) groups excluding carboxylic acids is 1. The Morgan fingerprint density at radius 2 is 1.90 bits per heavy atom. The standard InChI is InChI=1S/C23H32N4O3S/c1-16-7-8-19(31-16)14-26-23(24-2)25-10-5-6-22(28)27-11-9-17-12-20(29-3)21(30-4)13-18(17)15-27/h7-8,12-13H,5-6,9-11,14-15H2,1-4H3,(H2,24,25,26). The summed E-state index contributed by atoms with van der Waals surface area (Å²) in [6.45, 7) is 4.90. The zero-order valence-electron chi connectivity index (χ0n) is 18.8. The summed E-state index contributed by atoms with van der Waals surface area (Å²) in [5.74, 6) is 2.38. The van der Waals surface area contributed by atoms with Crippen LogP contribution in [0.4, 0.5) is 0 Å². The summed E-state index contributed by atoms with van der Waals surface area (Å²) >= 11 is 1.78. The summed E-state index contributed by atoms with van der Waals surface area (Å²) in [5, 5.41) is 6.60. The van der Waals surface area contributed by atoms with E-state index in [1.807, 2.05) is 17.0 Å². The molecule has 2 heterocycles. The lowest BCUT2D eigenvalue weighted by atomic mass is 9.98. The number of carbonyl (C=O) groups is 1. The molecule has 0 bridgehead atoms. The molecule has 31 heavy (non-hydrogen) atoms. The Kier molecular flexibility index (Phi) is 8.17. The molecule has 0 saturated heterocycles. The lowest BCUT2D eigenvalue weighted by Gasteiger charge is -2.29. The van der Waals surface area contributed by atoms with Crippen LogP contribution in [0.25, 0.3) is 0 Å². The Bertz CT molecular complexity index is 926. The number of amides is 1. The van der Waals surface area contributed by atoms with Crippen LogP contribution in [-0.4, -0.2) is 51.1 Å². The average molecular weight is 445 g/mol. The van der Waals surface area contributed by atoms with E-state index in [1.165, 1.54) is 15.3 Å². The Hall–Kier alpha value is -2.74. The van der Waals surface area contributed by atoms with Crippen molar-refractivity contribution in [3.8, 4) is 11.5 Å². The van der Waals surface area contributed by atoms with Gasteiger partial charge in [0.2, 0.25) is 5.91 Å². The lowest BCUT2D eigenvalue weighted by molar-refractivity contribution is -0.132. The van der Waals surface area contributed by atoms with E-state index in [2.05, 4.69) is 34.7 Å². The third-order valence-corrected chi connectivity index (χ3v) is 6.38. The van der Waals surface area contributed by atoms with Crippen molar-refractivity contribution in [1.82, 2.24) is 15.5 Å². The first-order valence-corrected chi connectivity index (χ1v) is 11.4. The SMILES string of the molecule is CN=C(NCCCC(=O)N1CCc2cc(OC)c(OC)cc2C1)NCc1ccc(C)s1. The van der Waals surface area contributed by atoms with Crippen LogP contribution >= 0.6 is 11.3 Å². The molecule has 1 aromatic carbocycles. The number of benzene rings is 1. The highest BCUT2D eigenvalue weighted by Gasteiger charge is 2.22. The van der Waals surface area contributed by atoms with E-state index in [1.54, 1.807) is 32.6 Å². The molecule has 1 aliphatic rings. The number of methoxy groups -OCH3 is 2. The summed E-state index contributed by atoms with van der Waals surface area (Å²) in [5.41, 5.74) is 2.35. The molecule has 2 N–H and O–H groups in total. The van der Waals surface area contributed by atoms with Gasteiger partial charge in [0.1, 0.15) is 0 Å². The van der Waals surface area contributed by atoms with Crippen LogP contribution in [0.15, 0.2) is 29.3 Å². The first-order chi connectivity index (χ1) is 15.0. The van der Waals surface area contributed by atoms with Gasteiger partial charge in [0.05, 0.1) is 20.8 Å². The highest BCUT2D eigenvalue weighted by molar-refractivity contribution is 7.11. The van der Waals surface area contributed by atoms with Gasteiger partial charge in [-0.2, -0.15) is 0 Å². The van der Waals surface area contributed by atoms with Crippen LogP contribution < -0.4 is 20.1 Å². The molecular weight excluding hydrogens is 412 g/mol. The minimum Gasteiger partial charge on any atom is -0.493 e. The second kappa shape index (κ2) is 11.0. The molecule has 168 valence electrons. The van der Waals surface area contributed by atoms with Gasteiger partial charge >= 0.3 is 0 Å². The predicted molar refractivity (Wildman–Crippen MR) is 125 cm³/mol. The van der Waals surface area contributed by atoms with E-state index in [4.69, 9.17) is 9.47 Å². The molecule has 7 nitrogen and oxygen atoms in total. The number of guanidine groups is 1. The third-order valence-electron chi connectivity index (χ3n) is 5.38. The fraction of sp³-hybridized carbons (Fsp3) is 0.478. The van der Waals surface area contributed by atoms with Crippen molar-refractivity contribution < 1.29 is 14.3 Å². The monoisotopic (exact) mass is 444 g/mol. The summed E-state index contributed by atoms with van der Waals surface area (Å²) in [4.78, 5) is 21.5. The fourth-order valence-electron chi connectivity index (χ4n) is 3.67. The topological polar surface area (TPSA) is 75.2 Å². The highest BCUT2D eigenvalue weighted by Crippen LogP contribution is 2.33. The number of aliphatic imine (C=N–C) groups is 1. The van der Waals surface area contributed by atoms with Gasteiger partial charge in [0.25, 0.3) is 0 Å². The first kappa shape index (κ1) is 22.9. The second-order valence-electron chi connectivity index (χ2n) is 7.51. The minimum absolute atomic E-state index is 0.180. The van der Waals surface area contributed by atoms with Gasteiger partial charge < -0.3 is 25.0 Å². The van der Waals surface area contributed by atoms with Gasteiger partial charge in [-0.15, -0.1) is 11.3 Å². The zero-order valence-corrected chi connectivity index (χ0v) is 19.6. The van der Waals surface area contributed by atoms with Crippen molar-refractivity contribution in [2.75, 3.05) is 34.4 Å². The van der Waals surface area contributed by atoms with Crippen molar-refractivity contribution in [2.24, 2.45) is 4.99 Å². The predicted octanol–water partition coefficient (Wildman–Crippen LogP) is 3.10. The van der Waals surface area contributed by atoms with E-state index in [0.29, 0.717) is 25.3 Å². The van der Waals surface area contributed by atoms with Crippen molar-refractivity contribution >= 4 is 23.2 Å². The molecular formula is C23H32N4O3S. The quantitative estimate of drug-likeness (QED) is 0.372. The fourth-order valence-corrected chi connectivity index (χ4v) is 4.50. The number of nitrogens with zero attached hydrogens (tertiary/aromatic N) is 2. The number of fused-ring (bicyclic) bond motifs is 1. The first-order valence-electron chi connectivity index (χ1n) is 10.6. The molecule has 0 aliphatic carbocycles. The molecule has 0 radical (unpaired) electrons. The lowest BCUT2D eigenvalue weighted by Crippen LogP contribution is -2.38. The number of aryl methyl sites for hydroxylation is 1. The van der Waals surface area contributed by atoms with E-state index in [9.17, 15) is 4.79 Å². The average Bonchev–Trinajstić information content (AvgIpc) is 3.21. The van der Waals surface area contributed by atoms with Crippen LogP contribution in [0.2, 0.25) is 0 Å². The normalized spacial score (nSPS) is 13.5. The molecule has 1 aliphatic heterocycles. The van der Waals surface area contributed by atoms with Crippen LogP contribution in [0.5, 0.6) is 11.5 Å². The van der Waals surface area contributed by atoms with Gasteiger partial charge in [-0.1, -0.05) is 0 Å². The van der Waals surface area contributed by atoms with Crippen molar-refractivity contribution in [3.05, 3.63) is 45.1 Å². The number of hydrogen-bond donors (Lipinski definition) is 2. The maximum absolute atomic E-state index is 12.7. The third kappa shape index (κ3) is 6.13. The number of ether oxygens (including phenoxy) is 2. The molecule has 1 amide bonds. The van der Waals surface area contributed by atoms with Crippen LogP contribution in [0, 0.1) is 6.92 Å².